The van der Waals surface area contributed by atoms with Crippen LogP contribution in [0, 0.1) is 5.92 Å². The fraction of sp³-hybridized carbons (Fsp3) is 0.450. The molecule has 0 spiro atoms. The van der Waals surface area contributed by atoms with Crippen molar-refractivity contribution in [3.8, 4) is 0 Å². The van der Waals surface area contributed by atoms with Crippen LogP contribution in [-0.4, -0.2) is 53.9 Å². The average Bonchev–Trinajstić information content (AvgIpc) is 2.93. The monoisotopic (exact) mass is 382 g/mol. The zero-order valence-corrected chi connectivity index (χ0v) is 15.5. The van der Waals surface area contributed by atoms with E-state index < -0.39 is 23.8 Å². The Kier molecular flexibility index (Phi) is 4.70. The Bertz CT molecular complexity index is 886. The van der Waals surface area contributed by atoms with Crippen LogP contribution in [0.15, 0.2) is 23.2 Å². The molecule has 146 valence electrons. The molecule has 0 aliphatic carbocycles. The van der Waals surface area contributed by atoms with Crippen molar-refractivity contribution in [2.24, 2.45) is 16.6 Å². The van der Waals surface area contributed by atoms with Gasteiger partial charge in [-0.2, -0.15) is 4.99 Å². The molecule has 0 bridgehead atoms. The van der Waals surface area contributed by atoms with Gasteiger partial charge in [0.25, 0.3) is 17.7 Å². The van der Waals surface area contributed by atoms with E-state index in [0.717, 1.165) is 42.8 Å². The van der Waals surface area contributed by atoms with E-state index in [-0.39, 0.29) is 5.84 Å². The topological polar surface area (TPSA) is 113 Å². The van der Waals surface area contributed by atoms with Gasteiger partial charge in [0.1, 0.15) is 18.2 Å². The first-order chi connectivity index (χ1) is 13.5. The van der Waals surface area contributed by atoms with Gasteiger partial charge in [-0.05, 0) is 43.4 Å². The molecule has 1 saturated heterocycles. The minimum Gasteiger partial charge on any atom is -0.387 e. The molecule has 0 saturated carbocycles. The maximum absolute atomic E-state index is 12.9. The number of carbonyl (C=O) groups is 4. The highest BCUT2D eigenvalue weighted by atomic mass is 16.2. The summed E-state index contributed by atoms with van der Waals surface area (Å²) < 4.78 is 0. The Labute approximate surface area is 162 Å². The van der Waals surface area contributed by atoms with E-state index in [4.69, 9.17) is 5.73 Å². The summed E-state index contributed by atoms with van der Waals surface area (Å²) in [5.74, 6) is -0.807. The van der Waals surface area contributed by atoms with Gasteiger partial charge in [-0.1, -0.05) is 0 Å². The maximum Gasteiger partial charge on any atom is 0.270 e. The zero-order valence-electron chi connectivity index (χ0n) is 15.5. The predicted molar refractivity (Wildman–Crippen MR) is 102 cm³/mol. The summed E-state index contributed by atoms with van der Waals surface area (Å²) in [6.07, 6.45) is 4.08. The molecule has 1 fully saturated rings. The highest BCUT2D eigenvalue weighted by Crippen LogP contribution is 2.32. The first-order valence-electron chi connectivity index (χ1n) is 9.57. The molecular weight excluding hydrogens is 360 g/mol. The van der Waals surface area contributed by atoms with Crippen LogP contribution < -0.4 is 10.6 Å². The van der Waals surface area contributed by atoms with Crippen molar-refractivity contribution in [3.63, 3.8) is 0 Å². The number of piperidine rings is 1. The minimum atomic E-state index is -0.887. The molecule has 0 radical (unpaired) electrons. The SMILES string of the molecule is NC1=NC(=O)C(N2C(=O)c3ccc(N4CCC(CC=O)CC4)cc3C2=O)CC1. The summed E-state index contributed by atoms with van der Waals surface area (Å²) >= 11 is 0. The summed E-state index contributed by atoms with van der Waals surface area (Å²) in [5.41, 5.74) is 7.11. The van der Waals surface area contributed by atoms with Gasteiger partial charge < -0.3 is 15.4 Å². The number of rotatable bonds is 4. The number of anilines is 1. The van der Waals surface area contributed by atoms with Gasteiger partial charge in [0.2, 0.25) is 0 Å². The van der Waals surface area contributed by atoms with E-state index in [1.54, 1.807) is 12.1 Å². The molecule has 0 aromatic heterocycles. The van der Waals surface area contributed by atoms with Gasteiger partial charge in [0.05, 0.1) is 11.1 Å². The van der Waals surface area contributed by atoms with E-state index in [1.807, 2.05) is 6.07 Å². The van der Waals surface area contributed by atoms with Crippen LogP contribution in [0.4, 0.5) is 5.69 Å². The van der Waals surface area contributed by atoms with Crippen molar-refractivity contribution in [2.45, 2.75) is 38.1 Å². The lowest BCUT2D eigenvalue weighted by atomic mass is 9.93. The number of amidine groups is 1. The third kappa shape index (κ3) is 3.08. The minimum absolute atomic E-state index is 0.234. The highest BCUT2D eigenvalue weighted by molar-refractivity contribution is 6.23. The molecule has 8 heteroatoms. The first-order valence-corrected chi connectivity index (χ1v) is 9.57. The van der Waals surface area contributed by atoms with Crippen molar-refractivity contribution in [2.75, 3.05) is 18.0 Å². The number of benzene rings is 1. The third-order valence-electron chi connectivity index (χ3n) is 5.84. The quantitative estimate of drug-likeness (QED) is 0.617. The van der Waals surface area contributed by atoms with E-state index in [9.17, 15) is 19.2 Å². The van der Waals surface area contributed by atoms with Gasteiger partial charge in [-0.25, -0.2) is 0 Å². The number of fused-ring (bicyclic) bond motifs is 1. The summed E-state index contributed by atoms with van der Waals surface area (Å²) in [7, 11) is 0. The summed E-state index contributed by atoms with van der Waals surface area (Å²) in [4.78, 5) is 55.5. The molecule has 4 rings (SSSR count). The average molecular weight is 382 g/mol. The normalized spacial score (nSPS) is 23.1. The van der Waals surface area contributed by atoms with Gasteiger partial charge in [0, 0.05) is 31.6 Å². The van der Waals surface area contributed by atoms with Crippen molar-refractivity contribution >= 4 is 35.5 Å². The Morgan fingerprint density at radius 3 is 2.46 bits per heavy atom. The molecule has 1 aromatic rings. The van der Waals surface area contributed by atoms with Gasteiger partial charge in [0.15, 0.2) is 0 Å². The second-order valence-electron chi connectivity index (χ2n) is 7.54. The lowest BCUT2D eigenvalue weighted by Gasteiger charge is -2.33. The predicted octanol–water partition coefficient (Wildman–Crippen LogP) is 1.13. The van der Waals surface area contributed by atoms with Gasteiger partial charge >= 0.3 is 0 Å². The number of imide groups is 1. The molecule has 1 unspecified atom stereocenters. The molecule has 3 aliphatic heterocycles. The maximum atomic E-state index is 12.9. The van der Waals surface area contributed by atoms with Crippen LogP contribution in [0.25, 0.3) is 0 Å². The highest BCUT2D eigenvalue weighted by Gasteiger charge is 2.44. The van der Waals surface area contributed by atoms with Crippen LogP contribution in [0.3, 0.4) is 0 Å². The second-order valence-corrected chi connectivity index (χ2v) is 7.54. The lowest BCUT2D eigenvalue weighted by molar-refractivity contribution is -0.122. The van der Waals surface area contributed by atoms with Crippen molar-refractivity contribution in [1.82, 2.24) is 4.90 Å². The Morgan fingerprint density at radius 2 is 1.79 bits per heavy atom. The fourth-order valence-corrected chi connectivity index (χ4v) is 4.21. The fourth-order valence-electron chi connectivity index (χ4n) is 4.21. The number of amides is 3. The van der Waals surface area contributed by atoms with Gasteiger partial charge in [-0.15, -0.1) is 0 Å². The van der Waals surface area contributed by atoms with E-state index in [0.29, 0.717) is 36.3 Å². The lowest BCUT2D eigenvalue weighted by Crippen LogP contribution is -2.47. The van der Waals surface area contributed by atoms with Crippen LogP contribution in [0.5, 0.6) is 0 Å². The number of aliphatic imine (C=N–C) groups is 1. The number of hydrogen-bond donors (Lipinski definition) is 1. The smallest absolute Gasteiger partial charge is 0.270 e. The first kappa shape index (κ1) is 18.3. The van der Waals surface area contributed by atoms with Crippen LogP contribution >= 0.6 is 0 Å². The second kappa shape index (κ2) is 7.18. The number of aldehydes is 1. The van der Waals surface area contributed by atoms with Crippen molar-refractivity contribution in [3.05, 3.63) is 29.3 Å². The largest absolute Gasteiger partial charge is 0.387 e. The molecule has 8 nitrogen and oxygen atoms in total. The zero-order chi connectivity index (χ0) is 19.8. The summed E-state index contributed by atoms with van der Waals surface area (Å²) in [6.45, 7) is 1.61. The van der Waals surface area contributed by atoms with Crippen LogP contribution in [0.1, 0.15) is 52.8 Å². The molecule has 1 atom stereocenters. The Morgan fingerprint density at radius 1 is 1.07 bits per heavy atom. The standard InChI is InChI=1S/C20H22N4O4/c21-17-4-3-16(18(26)22-17)24-19(27)14-2-1-13(11-15(14)20(24)28)23-8-5-12(6-9-23)7-10-25/h1-2,10-12,16H,3-9H2,(H2,21,22,26). The third-order valence-corrected chi connectivity index (χ3v) is 5.84. The number of carbonyl (C=O) groups excluding carboxylic acids is 4. The molecular formula is C20H22N4O4. The Hall–Kier alpha value is -3.03. The van der Waals surface area contributed by atoms with E-state index in [1.165, 1.54) is 0 Å². The number of nitrogens with two attached hydrogens (primary N) is 1. The molecule has 3 amide bonds. The van der Waals surface area contributed by atoms with Gasteiger partial charge in [-0.3, -0.25) is 19.3 Å². The number of hydrogen-bond acceptors (Lipinski definition) is 6. The Balaban J connectivity index is 1.55. The van der Waals surface area contributed by atoms with E-state index >= 15 is 0 Å². The van der Waals surface area contributed by atoms with Crippen molar-refractivity contribution in [1.29, 1.82) is 0 Å². The molecule has 1 aromatic carbocycles. The van der Waals surface area contributed by atoms with Crippen LogP contribution in [-0.2, 0) is 9.59 Å². The van der Waals surface area contributed by atoms with E-state index in [2.05, 4.69) is 9.89 Å². The van der Waals surface area contributed by atoms with Crippen LogP contribution in [0.2, 0.25) is 0 Å². The molecule has 2 N–H and O–H groups in total. The summed E-state index contributed by atoms with van der Waals surface area (Å²) in [5, 5.41) is 0. The molecule has 28 heavy (non-hydrogen) atoms. The summed E-state index contributed by atoms with van der Waals surface area (Å²) in [6, 6.07) is 4.35. The van der Waals surface area contributed by atoms with Crippen molar-refractivity contribution < 1.29 is 19.2 Å². The molecule has 3 aliphatic rings. The number of nitrogens with zero attached hydrogens (tertiary/aromatic N) is 3. The molecule has 3 heterocycles.